The maximum atomic E-state index is 12.7. The predicted octanol–water partition coefficient (Wildman–Crippen LogP) is 7.09. The number of benzene rings is 2. The summed E-state index contributed by atoms with van der Waals surface area (Å²) >= 11 is 6.90. The highest BCUT2D eigenvalue weighted by molar-refractivity contribution is 6.49. The number of anilines is 1. The van der Waals surface area contributed by atoms with Gasteiger partial charge in [-0.1, -0.05) is 77.4 Å². The van der Waals surface area contributed by atoms with Gasteiger partial charge in [0.15, 0.2) is 0 Å². The second-order valence-corrected chi connectivity index (χ2v) is 13.3. The minimum Gasteiger partial charge on any atom is -0.545 e. The van der Waals surface area contributed by atoms with Gasteiger partial charge < -0.3 is 9.16 Å². The molecule has 182 valence electrons. The number of carbonyl (C=O) groups excluding carboxylic acids is 1. The molecule has 2 aromatic carbocycles. The van der Waals surface area contributed by atoms with Crippen LogP contribution >= 0.6 is 11.6 Å². The quantitative estimate of drug-likeness (QED) is 0.380. The molecule has 1 heterocycles. The third-order valence-corrected chi connectivity index (χ3v) is 6.21. The van der Waals surface area contributed by atoms with Crippen molar-refractivity contribution in [3.63, 3.8) is 0 Å². The Hall–Kier alpha value is -2.77. The SMILES string of the molecule is C[SiH](C)Oc1c(-n2nc(C(C)(C)C)cc2NC(=O)Oc2ccccc2)ccc(C(C)(C)C)c1Cl. The fraction of sp³-hybridized carbons (Fsp3) is 0.385. The van der Waals surface area contributed by atoms with Crippen LogP contribution in [0.5, 0.6) is 11.5 Å². The molecule has 0 aliphatic carbocycles. The second kappa shape index (κ2) is 9.84. The van der Waals surface area contributed by atoms with Crippen molar-refractivity contribution in [1.29, 1.82) is 0 Å². The molecule has 1 N–H and O–H groups in total. The van der Waals surface area contributed by atoms with Crippen LogP contribution in [0.1, 0.15) is 52.8 Å². The van der Waals surface area contributed by atoms with Crippen molar-refractivity contribution in [2.45, 2.75) is 65.5 Å². The molecule has 6 nitrogen and oxygen atoms in total. The van der Waals surface area contributed by atoms with Crippen molar-refractivity contribution in [2.75, 3.05) is 5.32 Å². The molecule has 0 aliphatic heterocycles. The molecule has 34 heavy (non-hydrogen) atoms. The van der Waals surface area contributed by atoms with Crippen LogP contribution in [-0.4, -0.2) is 24.9 Å². The molecule has 0 bridgehead atoms. The third-order valence-electron chi connectivity index (χ3n) is 5.13. The van der Waals surface area contributed by atoms with E-state index in [0.717, 1.165) is 11.3 Å². The molecule has 3 aromatic rings. The average molecular weight is 500 g/mol. The van der Waals surface area contributed by atoms with E-state index in [-0.39, 0.29) is 10.8 Å². The van der Waals surface area contributed by atoms with Gasteiger partial charge in [-0.05, 0) is 42.3 Å². The summed E-state index contributed by atoms with van der Waals surface area (Å²) in [6.45, 7) is 16.7. The Morgan fingerprint density at radius 2 is 1.65 bits per heavy atom. The van der Waals surface area contributed by atoms with Crippen LogP contribution in [0, 0.1) is 0 Å². The monoisotopic (exact) mass is 499 g/mol. The molecule has 1 aromatic heterocycles. The van der Waals surface area contributed by atoms with Crippen molar-refractivity contribution >= 4 is 32.6 Å². The summed E-state index contributed by atoms with van der Waals surface area (Å²) in [6.07, 6.45) is -0.606. The first-order chi connectivity index (χ1) is 15.8. The number of hydrogen-bond acceptors (Lipinski definition) is 4. The van der Waals surface area contributed by atoms with Gasteiger partial charge in [-0.25, -0.2) is 9.48 Å². The highest BCUT2D eigenvalue weighted by atomic mass is 35.5. The largest absolute Gasteiger partial charge is 0.545 e. The first kappa shape index (κ1) is 25.8. The Morgan fingerprint density at radius 1 is 1.00 bits per heavy atom. The van der Waals surface area contributed by atoms with Crippen LogP contribution in [0.15, 0.2) is 48.5 Å². The number of rotatable bonds is 5. The number of halogens is 1. The topological polar surface area (TPSA) is 65.4 Å². The van der Waals surface area contributed by atoms with Gasteiger partial charge >= 0.3 is 6.09 Å². The molecule has 0 unspecified atom stereocenters. The number of carbonyl (C=O) groups is 1. The van der Waals surface area contributed by atoms with E-state index < -0.39 is 15.1 Å². The van der Waals surface area contributed by atoms with Gasteiger partial charge in [0.05, 0.1) is 10.7 Å². The first-order valence-electron chi connectivity index (χ1n) is 11.4. The van der Waals surface area contributed by atoms with E-state index in [1.165, 1.54) is 0 Å². The van der Waals surface area contributed by atoms with Crippen LogP contribution in [0.4, 0.5) is 10.6 Å². The van der Waals surface area contributed by atoms with Gasteiger partial charge in [0.1, 0.15) is 23.0 Å². The van der Waals surface area contributed by atoms with E-state index in [0.29, 0.717) is 28.0 Å². The highest BCUT2D eigenvalue weighted by Gasteiger charge is 2.27. The zero-order chi connectivity index (χ0) is 25.3. The van der Waals surface area contributed by atoms with Gasteiger partial charge in [0.25, 0.3) is 0 Å². The third kappa shape index (κ3) is 6.01. The molecule has 0 fully saturated rings. The Labute approximate surface area is 209 Å². The summed E-state index contributed by atoms with van der Waals surface area (Å²) in [5.74, 6) is 1.51. The Bertz CT molecular complexity index is 1160. The van der Waals surface area contributed by atoms with E-state index in [4.69, 9.17) is 25.9 Å². The van der Waals surface area contributed by atoms with Crippen LogP contribution < -0.4 is 14.5 Å². The first-order valence-corrected chi connectivity index (χ1v) is 14.6. The lowest BCUT2D eigenvalue weighted by Crippen LogP contribution is -2.21. The van der Waals surface area contributed by atoms with Gasteiger partial charge in [-0.3, -0.25) is 5.32 Å². The number of nitrogens with one attached hydrogen (secondary N) is 1. The fourth-order valence-electron chi connectivity index (χ4n) is 3.39. The van der Waals surface area contributed by atoms with E-state index in [9.17, 15) is 4.79 Å². The Kier molecular flexibility index (Phi) is 7.48. The molecule has 0 atom stereocenters. The lowest BCUT2D eigenvalue weighted by Gasteiger charge is -2.25. The van der Waals surface area contributed by atoms with Gasteiger partial charge in [-0.2, -0.15) is 5.10 Å². The maximum Gasteiger partial charge on any atom is 0.418 e. The average Bonchev–Trinajstić information content (AvgIpc) is 3.12. The molecular weight excluding hydrogens is 466 g/mol. The maximum absolute atomic E-state index is 12.7. The molecule has 0 saturated carbocycles. The summed E-state index contributed by atoms with van der Waals surface area (Å²) in [5, 5.41) is 8.25. The van der Waals surface area contributed by atoms with Crippen LogP contribution in [-0.2, 0) is 10.8 Å². The van der Waals surface area contributed by atoms with Crippen LogP contribution in [0.2, 0.25) is 18.1 Å². The van der Waals surface area contributed by atoms with Gasteiger partial charge in [0, 0.05) is 11.5 Å². The molecule has 8 heteroatoms. The number of ether oxygens (including phenoxy) is 1. The summed E-state index contributed by atoms with van der Waals surface area (Å²) in [4.78, 5) is 12.7. The molecule has 0 spiro atoms. The summed E-state index contributed by atoms with van der Waals surface area (Å²) in [5.41, 5.74) is 2.07. The van der Waals surface area contributed by atoms with Gasteiger partial charge in [0.2, 0.25) is 9.04 Å². The van der Waals surface area contributed by atoms with E-state index in [1.54, 1.807) is 16.8 Å². The van der Waals surface area contributed by atoms with Crippen molar-refractivity contribution in [3.8, 4) is 17.2 Å². The van der Waals surface area contributed by atoms with Crippen molar-refractivity contribution in [2.24, 2.45) is 0 Å². The van der Waals surface area contributed by atoms with Crippen molar-refractivity contribution < 1.29 is 14.0 Å². The molecule has 3 rings (SSSR count). The summed E-state index contributed by atoms with van der Waals surface area (Å²) in [6, 6.07) is 14.7. The lowest BCUT2D eigenvalue weighted by molar-refractivity contribution is 0.215. The Morgan fingerprint density at radius 3 is 2.21 bits per heavy atom. The molecule has 0 aliphatic rings. The van der Waals surface area contributed by atoms with Crippen LogP contribution in [0.3, 0.4) is 0 Å². The number of aromatic nitrogens is 2. The van der Waals surface area contributed by atoms with Gasteiger partial charge in [-0.15, -0.1) is 0 Å². The lowest BCUT2D eigenvalue weighted by atomic mass is 9.86. The number of para-hydroxylation sites is 1. The second-order valence-electron chi connectivity index (χ2n) is 10.6. The molecule has 0 radical (unpaired) electrons. The number of nitrogens with zero attached hydrogens (tertiary/aromatic N) is 2. The molecule has 0 saturated heterocycles. The van der Waals surface area contributed by atoms with E-state index in [2.05, 4.69) is 60.0 Å². The van der Waals surface area contributed by atoms with E-state index >= 15 is 0 Å². The fourth-order valence-corrected chi connectivity index (χ4v) is 4.66. The smallest absolute Gasteiger partial charge is 0.418 e. The normalized spacial score (nSPS) is 12.1. The number of hydrogen-bond donors (Lipinski definition) is 1. The zero-order valence-electron chi connectivity index (χ0n) is 21.2. The van der Waals surface area contributed by atoms with Crippen molar-refractivity contribution in [3.05, 3.63) is 64.8 Å². The number of amides is 1. The summed E-state index contributed by atoms with van der Waals surface area (Å²) < 4.78 is 13.4. The molecule has 1 amide bonds. The minimum atomic E-state index is -1.51. The zero-order valence-corrected chi connectivity index (χ0v) is 23.1. The van der Waals surface area contributed by atoms with E-state index in [1.807, 2.05) is 36.4 Å². The standard InChI is InChI=1S/C26H34ClN3O3Si/c1-25(2,3)18-14-15-19(23(22(18)27)33-34(7)8)30-21(16-20(29-30)26(4,5)6)28-24(31)32-17-12-10-9-11-13-17/h9-16,34H,1-8H3,(H,28,31). The minimum absolute atomic E-state index is 0.159. The van der Waals surface area contributed by atoms with Crippen LogP contribution in [0.25, 0.3) is 5.69 Å². The highest BCUT2D eigenvalue weighted by Crippen LogP contribution is 2.41. The predicted molar refractivity (Wildman–Crippen MR) is 142 cm³/mol. The summed E-state index contributed by atoms with van der Waals surface area (Å²) in [7, 11) is -1.51. The molecular formula is C26H34ClN3O3Si. The Balaban J connectivity index is 2.11. The van der Waals surface area contributed by atoms with Crippen molar-refractivity contribution in [1.82, 2.24) is 9.78 Å².